The maximum Gasteiger partial charge on any atom is 0.335 e. The molecule has 2 atom stereocenters. The second kappa shape index (κ2) is 4.46. The van der Waals surface area contributed by atoms with Gasteiger partial charge in [-0.15, -0.1) is 0 Å². The fourth-order valence-corrected chi connectivity index (χ4v) is 3.27. The zero-order chi connectivity index (χ0) is 15.4. The number of aromatic nitrogens is 2. The minimum absolute atomic E-state index is 0.00672. The Morgan fingerprint density at radius 3 is 2.76 bits per heavy atom. The third kappa shape index (κ3) is 1.90. The van der Waals surface area contributed by atoms with E-state index in [2.05, 4.69) is 18.8 Å². The summed E-state index contributed by atoms with van der Waals surface area (Å²) < 4.78 is 7.09. The number of carboxylic acid groups (broad SMARTS) is 1. The molecule has 6 heteroatoms. The van der Waals surface area contributed by atoms with E-state index < -0.39 is 5.97 Å². The molecule has 0 spiro atoms. The number of methoxy groups -OCH3 is 1. The van der Waals surface area contributed by atoms with Crippen LogP contribution in [0, 0.1) is 5.41 Å². The van der Waals surface area contributed by atoms with Crippen LogP contribution >= 0.6 is 0 Å². The Labute approximate surface area is 121 Å². The normalized spacial score (nSPS) is 24.0. The van der Waals surface area contributed by atoms with E-state index in [9.17, 15) is 9.59 Å². The van der Waals surface area contributed by atoms with E-state index in [-0.39, 0.29) is 28.8 Å². The number of aromatic carboxylic acids is 1. The number of fused-ring (bicyclic) bond motifs is 1. The van der Waals surface area contributed by atoms with Crippen LogP contribution in [-0.4, -0.2) is 33.8 Å². The van der Waals surface area contributed by atoms with Crippen LogP contribution in [0.25, 0.3) is 11.0 Å². The highest BCUT2D eigenvalue weighted by Gasteiger charge is 2.50. The summed E-state index contributed by atoms with van der Waals surface area (Å²) in [4.78, 5) is 26.2. The summed E-state index contributed by atoms with van der Waals surface area (Å²) in [7, 11) is 1.67. The summed E-state index contributed by atoms with van der Waals surface area (Å²) in [5.41, 5.74) is 1.08. The highest BCUT2D eigenvalue weighted by atomic mass is 16.5. The van der Waals surface area contributed by atoms with Gasteiger partial charge in [-0.2, -0.15) is 0 Å². The lowest BCUT2D eigenvalue weighted by molar-refractivity contribution is -0.112. The van der Waals surface area contributed by atoms with Crippen LogP contribution in [0.15, 0.2) is 23.0 Å². The molecule has 1 fully saturated rings. The summed E-state index contributed by atoms with van der Waals surface area (Å²) in [5.74, 6) is -1.00. The molecule has 1 aliphatic carbocycles. The minimum Gasteiger partial charge on any atom is -0.478 e. The number of rotatable bonds is 3. The summed E-state index contributed by atoms with van der Waals surface area (Å²) in [6, 6.07) is 4.67. The molecule has 2 N–H and O–H groups in total. The molecular weight excluding hydrogens is 272 g/mol. The zero-order valence-electron chi connectivity index (χ0n) is 12.2. The number of nitrogens with one attached hydrogen (secondary N) is 1. The molecule has 3 rings (SSSR count). The lowest BCUT2D eigenvalue weighted by Crippen LogP contribution is -2.52. The third-order valence-corrected chi connectivity index (χ3v) is 4.69. The first-order valence-corrected chi connectivity index (χ1v) is 6.86. The number of aromatic amines is 1. The van der Waals surface area contributed by atoms with Gasteiger partial charge in [-0.25, -0.2) is 9.59 Å². The van der Waals surface area contributed by atoms with E-state index in [1.165, 1.54) is 6.07 Å². The molecule has 0 radical (unpaired) electrons. The Balaban J connectivity index is 2.15. The molecule has 1 aliphatic rings. The molecule has 2 unspecified atom stereocenters. The van der Waals surface area contributed by atoms with Crippen LogP contribution in [0.5, 0.6) is 0 Å². The van der Waals surface area contributed by atoms with E-state index in [1.807, 2.05) is 0 Å². The summed E-state index contributed by atoms with van der Waals surface area (Å²) >= 11 is 0. The SMILES string of the molecule is COC1CC(n2c(=O)[nH]c3ccc(C(=O)O)cc32)C1(C)C. The topological polar surface area (TPSA) is 84.3 Å². The second-order valence-corrected chi connectivity index (χ2v) is 6.13. The molecule has 0 aliphatic heterocycles. The van der Waals surface area contributed by atoms with Crippen molar-refractivity contribution in [3.63, 3.8) is 0 Å². The standard InChI is InChI=1S/C15H18N2O4/c1-15(2)11(7-12(15)21-3)17-10-6-8(13(18)19)4-5-9(10)16-14(17)20/h4-6,11-12H,7H2,1-3H3,(H,16,20)(H,18,19). The highest BCUT2D eigenvalue weighted by Crippen LogP contribution is 2.51. The number of imidazole rings is 1. The van der Waals surface area contributed by atoms with Crippen LogP contribution < -0.4 is 5.69 Å². The fraction of sp³-hybridized carbons (Fsp3) is 0.467. The van der Waals surface area contributed by atoms with E-state index in [4.69, 9.17) is 9.84 Å². The number of carbonyl (C=O) groups is 1. The zero-order valence-corrected chi connectivity index (χ0v) is 12.2. The average molecular weight is 290 g/mol. The van der Waals surface area contributed by atoms with Gasteiger partial charge in [0.05, 0.1) is 22.7 Å². The maximum atomic E-state index is 12.3. The summed E-state index contributed by atoms with van der Waals surface area (Å²) in [6.45, 7) is 4.11. The number of carboxylic acids is 1. The Kier molecular flexibility index (Phi) is 2.95. The van der Waals surface area contributed by atoms with Crippen LogP contribution in [0.2, 0.25) is 0 Å². The van der Waals surface area contributed by atoms with Crippen molar-refractivity contribution in [3.8, 4) is 0 Å². The van der Waals surface area contributed by atoms with Gasteiger partial charge in [-0.3, -0.25) is 4.57 Å². The van der Waals surface area contributed by atoms with E-state index >= 15 is 0 Å². The van der Waals surface area contributed by atoms with Crippen molar-refractivity contribution in [1.29, 1.82) is 0 Å². The number of ether oxygens (including phenoxy) is 1. The lowest BCUT2D eigenvalue weighted by atomic mass is 9.64. The fourth-order valence-electron chi connectivity index (χ4n) is 3.27. The lowest BCUT2D eigenvalue weighted by Gasteiger charge is -2.51. The number of benzene rings is 1. The van der Waals surface area contributed by atoms with E-state index in [0.29, 0.717) is 11.0 Å². The van der Waals surface area contributed by atoms with Crippen molar-refractivity contribution in [1.82, 2.24) is 9.55 Å². The second-order valence-electron chi connectivity index (χ2n) is 6.13. The Morgan fingerprint density at radius 2 is 2.19 bits per heavy atom. The number of hydrogen-bond donors (Lipinski definition) is 2. The van der Waals surface area contributed by atoms with Gasteiger partial charge in [-0.05, 0) is 24.6 Å². The van der Waals surface area contributed by atoms with Crippen LogP contribution in [-0.2, 0) is 4.74 Å². The molecule has 0 bridgehead atoms. The van der Waals surface area contributed by atoms with E-state index in [0.717, 1.165) is 6.42 Å². The van der Waals surface area contributed by atoms with Crippen molar-refractivity contribution in [2.75, 3.05) is 7.11 Å². The number of nitrogens with zero attached hydrogens (tertiary/aromatic N) is 1. The van der Waals surface area contributed by atoms with Crippen molar-refractivity contribution in [3.05, 3.63) is 34.2 Å². The Bertz CT molecular complexity index is 772. The molecule has 0 amide bonds. The minimum atomic E-state index is -1.00. The maximum absolute atomic E-state index is 12.3. The molecular formula is C15H18N2O4. The number of hydrogen-bond acceptors (Lipinski definition) is 3. The summed E-state index contributed by atoms with van der Waals surface area (Å²) in [6.07, 6.45) is 0.843. The first-order chi connectivity index (χ1) is 9.86. The monoisotopic (exact) mass is 290 g/mol. The van der Waals surface area contributed by atoms with Crippen molar-refractivity contribution < 1.29 is 14.6 Å². The Hall–Kier alpha value is -2.08. The van der Waals surface area contributed by atoms with Gasteiger partial charge in [0.25, 0.3) is 0 Å². The highest BCUT2D eigenvalue weighted by molar-refractivity contribution is 5.92. The molecule has 1 saturated carbocycles. The molecule has 1 aromatic carbocycles. The van der Waals surface area contributed by atoms with Gasteiger partial charge >= 0.3 is 11.7 Å². The van der Waals surface area contributed by atoms with Gasteiger partial charge in [0.1, 0.15) is 0 Å². The smallest absolute Gasteiger partial charge is 0.335 e. The van der Waals surface area contributed by atoms with Crippen LogP contribution in [0.1, 0.15) is 36.7 Å². The van der Waals surface area contributed by atoms with Gasteiger partial charge in [-0.1, -0.05) is 13.8 Å². The first-order valence-electron chi connectivity index (χ1n) is 6.86. The summed E-state index contributed by atoms with van der Waals surface area (Å²) in [5, 5.41) is 9.12. The van der Waals surface area contributed by atoms with Gasteiger partial charge in [0, 0.05) is 18.6 Å². The van der Waals surface area contributed by atoms with Gasteiger partial charge < -0.3 is 14.8 Å². The predicted octanol–water partition coefficient (Wildman–Crippen LogP) is 2.01. The largest absolute Gasteiger partial charge is 0.478 e. The van der Waals surface area contributed by atoms with Crippen LogP contribution in [0.3, 0.4) is 0 Å². The number of H-pyrrole nitrogens is 1. The molecule has 0 saturated heterocycles. The van der Waals surface area contributed by atoms with Crippen molar-refractivity contribution in [2.45, 2.75) is 32.4 Å². The van der Waals surface area contributed by atoms with Gasteiger partial charge in [0.2, 0.25) is 0 Å². The molecule has 112 valence electrons. The average Bonchev–Trinajstić information content (AvgIpc) is 2.74. The molecule has 1 aromatic heterocycles. The van der Waals surface area contributed by atoms with Crippen molar-refractivity contribution >= 4 is 17.0 Å². The quantitative estimate of drug-likeness (QED) is 0.905. The molecule has 21 heavy (non-hydrogen) atoms. The van der Waals surface area contributed by atoms with Gasteiger partial charge in [0.15, 0.2) is 0 Å². The molecule has 6 nitrogen and oxygen atoms in total. The third-order valence-electron chi connectivity index (χ3n) is 4.69. The predicted molar refractivity (Wildman–Crippen MR) is 77.8 cm³/mol. The molecule has 1 heterocycles. The Morgan fingerprint density at radius 1 is 1.48 bits per heavy atom. The van der Waals surface area contributed by atoms with Crippen molar-refractivity contribution in [2.24, 2.45) is 5.41 Å². The molecule has 2 aromatic rings. The van der Waals surface area contributed by atoms with E-state index in [1.54, 1.807) is 23.8 Å². The first kappa shape index (κ1) is 13.9. The van der Waals surface area contributed by atoms with Crippen LogP contribution in [0.4, 0.5) is 0 Å².